The van der Waals surface area contributed by atoms with Crippen LogP contribution in [0.1, 0.15) is 11.5 Å². The molecule has 3 N–H and O–H groups in total. The van der Waals surface area contributed by atoms with E-state index in [1.54, 1.807) is 0 Å². The van der Waals surface area contributed by atoms with Gasteiger partial charge in [0.25, 0.3) is 0 Å². The molecule has 1 aromatic rings. The summed E-state index contributed by atoms with van der Waals surface area (Å²) in [5.74, 6) is -0.0746. The Kier molecular flexibility index (Phi) is 5.97. The van der Waals surface area contributed by atoms with Crippen LogP contribution in [0.3, 0.4) is 0 Å². The summed E-state index contributed by atoms with van der Waals surface area (Å²) in [5, 5.41) is 12.0. The minimum Gasteiger partial charge on any atom is -0.409 e. The molecule has 0 spiro atoms. The summed E-state index contributed by atoms with van der Waals surface area (Å²) in [6.45, 7) is 0.885. The molecule has 0 saturated heterocycles. The summed E-state index contributed by atoms with van der Waals surface area (Å²) in [5.41, 5.74) is 6.66. The Hall–Kier alpha value is -1.60. The van der Waals surface area contributed by atoms with Gasteiger partial charge in [0.05, 0.1) is 11.7 Å². The number of rotatable bonds is 7. The zero-order chi connectivity index (χ0) is 15.2. The number of oxime groups is 1. The first-order chi connectivity index (χ1) is 9.33. The van der Waals surface area contributed by atoms with E-state index < -0.39 is 9.84 Å². The van der Waals surface area contributed by atoms with E-state index in [0.29, 0.717) is 13.1 Å². The lowest BCUT2D eigenvalue weighted by Gasteiger charge is -2.23. The van der Waals surface area contributed by atoms with E-state index in [-0.39, 0.29) is 17.5 Å². The maximum atomic E-state index is 11.2. The van der Waals surface area contributed by atoms with Crippen molar-refractivity contribution >= 4 is 15.7 Å². The Morgan fingerprint density at radius 3 is 2.50 bits per heavy atom. The van der Waals surface area contributed by atoms with Crippen molar-refractivity contribution in [2.75, 3.05) is 32.1 Å². The van der Waals surface area contributed by atoms with E-state index in [1.807, 2.05) is 42.3 Å². The van der Waals surface area contributed by atoms with Crippen molar-refractivity contribution in [2.24, 2.45) is 10.9 Å². The van der Waals surface area contributed by atoms with Gasteiger partial charge < -0.3 is 15.8 Å². The molecule has 0 aliphatic rings. The fourth-order valence-corrected chi connectivity index (χ4v) is 2.49. The number of hydrogen-bond acceptors (Lipinski definition) is 5. The predicted octanol–water partition coefficient (Wildman–Crippen LogP) is 0.493. The highest BCUT2D eigenvalue weighted by atomic mass is 32.2. The number of sulfone groups is 1. The third-order valence-corrected chi connectivity index (χ3v) is 3.94. The smallest absolute Gasteiger partial charge is 0.148 e. The van der Waals surface area contributed by atoms with Crippen LogP contribution in [0.15, 0.2) is 35.5 Å². The first-order valence-corrected chi connectivity index (χ1v) is 8.28. The van der Waals surface area contributed by atoms with Crippen LogP contribution >= 0.6 is 0 Å². The molecular weight excluding hydrogens is 278 g/mol. The van der Waals surface area contributed by atoms with E-state index in [1.165, 1.54) is 6.26 Å². The highest BCUT2D eigenvalue weighted by Crippen LogP contribution is 2.16. The van der Waals surface area contributed by atoms with Crippen molar-refractivity contribution < 1.29 is 13.6 Å². The molecule has 0 fully saturated rings. The van der Waals surface area contributed by atoms with Crippen LogP contribution in [0.4, 0.5) is 0 Å². The predicted molar refractivity (Wildman–Crippen MR) is 79.8 cm³/mol. The molecule has 0 amide bonds. The SMILES string of the molecule is CN(CCS(C)(=O)=O)CC(C(N)=NO)c1ccccc1. The average Bonchev–Trinajstić information content (AvgIpc) is 2.42. The maximum absolute atomic E-state index is 11.2. The van der Waals surface area contributed by atoms with Gasteiger partial charge >= 0.3 is 0 Å². The molecule has 20 heavy (non-hydrogen) atoms. The van der Waals surface area contributed by atoms with Gasteiger partial charge in [-0.3, -0.25) is 0 Å². The summed E-state index contributed by atoms with van der Waals surface area (Å²) in [6, 6.07) is 9.44. The van der Waals surface area contributed by atoms with Crippen LogP contribution in [0.25, 0.3) is 0 Å². The monoisotopic (exact) mass is 299 g/mol. The summed E-state index contributed by atoms with van der Waals surface area (Å²) in [7, 11) is -1.19. The van der Waals surface area contributed by atoms with Crippen LogP contribution < -0.4 is 5.73 Å². The fraction of sp³-hybridized carbons (Fsp3) is 0.462. The molecule has 0 aliphatic carbocycles. The molecule has 1 atom stereocenters. The van der Waals surface area contributed by atoms with E-state index in [2.05, 4.69) is 5.16 Å². The molecule has 1 aromatic carbocycles. The van der Waals surface area contributed by atoms with Crippen LogP contribution in [-0.2, 0) is 9.84 Å². The minimum absolute atomic E-state index is 0.0845. The summed E-state index contributed by atoms with van der Waals surface area (Å²) < 4.78 is 22.3. The van der Waals surface area contributed by atoms with Gasteiger partial charge in [-0.25, -0.2) is 8.42 Å². The van der Waals surface area contributed by atoms with Gasteiger partial charge in [0.15, 0.2) is 0 Å². The number of nitrogens with two attached hydrogens (primary N) is 1. The molecule has 0 heterocycles. The number of likely N-dealkylation sites (N-methyl/N-ethyl adjacent to an activating group) is 1. The molecule has 0 saturated carbocycles. The van der Waals surface area contributed by atoms with Crippen LogP contribution in [0, 0.1) is 0 Å². The molecule has 0 radical (unpaired) electrons. The Labute approximate surface area is 119 Å². The van der Waals surface area contributed by atoms with Crippen LogP contribution in [-0.4, -0.2) is 56.5 Å². The summed E-state index contributed by atoms with van der Waals surface area (Å²) in [6.07, 6.45) is 1.21. The Bertz CT molecular complexity index is 543. The third-order valence-electron chi connectivity index (χ3n) is 3.01. The van der Waals surface area contributed by atoms with Gasteiger partial charge in [0, 0.05) is 19.3 Å². The first kappa shape index (κ1) is 16.5. The minimum atomic E-state index is -3.00. The zero-order valence-electron chi connectivity index (χ0n) is 11.7. The van der Waals surface area contributed by atoms with Gasteiger partial charge in [-0.15, -0.1) is 0 Å². The van der Waals surface area contributed by atoms with Gasteiger partial charge in [0.2, 0.25) is 0 Å². The van der Waals surface area contributed by atoms with Crippen molar-refractivity contribution in [3.63, 3.8) is 0 Å². The van der Waals surface area contributed by atoms with Crippen molar-refractivity contribution in [3.8, 4) is 0 Å². The molecule has 1 unspecified atom stereocenters. The van der Waals surface area contributed by atoms with Gasteiger partial charge in [-0.1, -0.05) is 35.5 Å². The third kappa shape index (κ3) is 5.58. The lowest BCUT2D eigenvalue weighted by Crippen LogP contribution is -2.35. The Morgan fingerprint density at radius 2 is 2.00 bits per heavy atom. The summed E-state index contributed by atoms with van der Waals surface area (Å²) >= 11 is 0. The maximum Gasteiger partial charge on any atom is 0.148 e. The van der Waals surface area contributed by atoms with Crippen molar-refractivity contribution in [3.05, 3.63) is 35.9 Å². The molecule has 1 rings (SSSR count). The van der Waals surface area contributed by atoms with Crippen LogP contribution in [0.5, 0.6) is 0 Å². The van der Waals surface area contributed by atoms with E-state index >= 15 is 0 Å². The van der Waals surface area contributed by atoms with Gasteiger partial charge in [-0.05, 0) is 12.6 Å². The molecule has 112 valence electrons. The highest BCUT2D eigenvalue weighted by molar-refractivity contribution is 7.90. The van der Waals surface area contributed by atoms with Crippen molar-refractivity contribution in [2.45, 2.75) is 5.92 Å². The first-order valence-electron chi connectivity index (χ1n) is 6.22. The average molecular weight is 299 g/mol. The number of benzene rings is 1. The van der Waals surface area contributed by atoms with Crippen molar-refractivity contribution in [1.29, 1.82) is 0 Å². The standard InChI is InChI=1S/C13H21N3O3S/c1-16(8-9-20(2,18)19)10-12(13(14)15-17)11-6-4-3-5-7-11/h3-7,12,17H,8-10H2,1-2H3,(H2,14,15). The lowest BCUT2D eigenvalue weighted by molar-refractivity contribution is 0.308. The Balaban J connectivity index is 2.77. The van der Waals surface area contributed by atoms with E-state index in [0.717, 1.165) is 5.56 Å². The Morgan fingerprint density at radius 1 is 1.40 bits per heavy atom. The largest absolute Gasteiger partial charge is 0.409 e. The van der Waals surface area contributed by atoms with Crippen molar-refractivity contribution in [1.82, 2.24) is 4.90 Å². The van der Waals surface area contributed by atoms with Gasteiger partial charge in [-0.2, -0.15) is 0 Å². The zero-order valence-corrected chi connectivity index (χ0v) is 12.5. The molecular formula is C13H21N3O3S. The molecule has 0 aliphatic heterocycles. The molecule has 0 aromatic heterocycles. The lowest BCUT2D eigenvalue weighted by atomic mass is 9.97. The number of amidine groups is 1. The second kappa shape index (κ2) is 7.25. The topological polar surface area (TPSA) is 96.0 Å². The summed E-state index contributed by atoms with van der Waals surface area (Å²) in [4.78, 5) is 1.86. The quantitative estimate of drug-likeness (QED) is 0.331. The molecule has 7 heteroatoms. The van der Waals surface area contributed by atoms with Gasteiger partial charge in [0.1, 0.15) is 15.7 Å². The number of hydrogen-bond donors (Lipinski definition) is 2. The molecule has 6 nitrogen and oxygen atoms in total. The number of nitrogens with zero attached hydrogens (tertiary/aromatic N) is 2. The van der Waals surface area contributed by atoms with E-state index in [9.17, 15) is 8.42 Å². The molecule has 0 bridgehead atoms. The second-order valence-electron chi connectivity index (χ2n) is 4.88. The highest BCUT2D eigenvalue weighted by Gasteiger charge is 2.19. The van der Waals surface area contributed by atoms with E-state index in [4.69, 9.17) is 10.9 Å². The fourth-order valence-electron chi connectivity index (χ4n) is 1.85. The normalized spacial score (nSPS) is 14.4. The van der Waals surface area contributed by atoms with Crippen LogP contribution in [0.2, 0.25) is 0 Å². The second-order valence-corrected chi connectivity index (χ2v) is 7.14.